The van der Waals surface area contributed by atoms with Crippen molar-refractivity contribution >= 4 is 33.3 Å². The van der Waals surface area contributed by atoms with Crippen LogP contribution in [-0.2, 0) is 6.54 Å². The summed E-state index contributed by atoms with van der Waals surface area (Å²) >= 11 is 9.11. The summed E-state index contributed by atoms with van der Waals surface area (Å²) in [6.45, 7) is 0.295. The maximum Gasteiger partial charge on any atom is 0.171 e. The highest BCUT2D eigenvalue weighted by molar-refractivity contribution is 9.10. The average molecular weight is 317 g/mol. The van der Waals surface area contributed by atoms with Crippen molar-refractivity contribution in [1.82, 2.24) is 9.97 Å². The van der Waals surface area contributed by atoms with E-state index in [-0.39, 0.29) is 11.0 Å². The Morgan fingerprint density at radius 1 is 1.29 bits per heavy atom. The lowest BCUT2D eigenvalue weighted by atomic mass is 10.2. The second kappa shape index (κ2) is 5.42. The van der Waals surface area contributed by atoms with Crippen molar-refractivity contribution in [2.75, 3.05) is 5.32 Å². The van der Waals surface area contributed by atoms with E-state index in [4.69, 9.17) is 11.6 Å². The van der Waals surface area contributed by atoms with Crippen LogP contribution in [0.3, 0.4) is 0 Å². The lowest BCUT2D eigenvalue weighted by molar-refractivity contribution is 0.612. The normalized spacial score (nSPS) is 10.3. The molecule has 17 heavy (non-hydrogen) atoms. The van der Waals surface area contributed by atoms with E-state index < -0.39 is 0 Å². The minimum Gasteiger partial charge on any atom is -0.363 e. The van der Waals surface area contributed by atoms with Gasteiger partial charge in [0.05, 0.1) is 0 Å². The number of nitrogens with one attached hydrogen (secondary N) is 1. The molecule has 0 fully saturated rings. The number of anilines is 1. The molecule has 0 saturated carbocycles. The van der Waals surface area contributed by atoms with Gasteiger partial charge in [0.15, 0.2) is 11.0 Å². The van der Waals surface area contributed by atoms with Crippen LogP contribution in [0, 0.1) is 5.82 Å². The van der Waals surface area contributed by atoms with Crippen LogP contribution in [0.15, 0.2) is 35.1 Å². The van der Waals surface area contributed by atoms with E-state index in [0.29, 0.717) is 17.9 Å². The minimum absolute atomic E-state index is 0.267. The molecule has 0 atom stereocenters. The van der Waals surface area contributed by atoms with Gasteiger partial charge in [-0.1, -0.05) is 27.5 Å². The van der Waals surface area contributed by atoms with Crippen LogP contribution < -0.4 is 5.32 Å². The largest absolute Gasteiger partial charge is 0.363 e. The van der Waals surface area contributed by atoms with Crippen LogP contribution in [0.4, 0.5) is 10.2 Å². The molecule has 0 bridgehead atoms. The van der Waals surface area contributed by atoms with Gasteiger partial charge in [0.2, 0.25) is 0 Å². The van der Waals surface area contributed by atoms with Crippen molar-refractivity contribution in [2.24, 2.45) is 0 Å². The zero-order chi connectivity index (χ0) is 12.3. The Morgan fingerprint density at radius 3 is 2.82 bits per heavy atom. The molecule has 88 valence electrons. The number of nitrogens with zero attached hydrogens (tertiary/aromatic N) is 2. The molecule has 2 rings (SSSR count). The third-order valence-corrected chi connectivity index (χ3v) is 2.88. The highest BCUT2D eigenvalue weighted by Gasteiger charge is 2.05. The van der Waals surface area contributed by atoms with Crippen molar-refractivity contribution in [2.45, 2.75) is 6.54 Å². The smallest absolute Gasteiger partial charge is 0.171 e. The Morgan fingerprint density at radius 2 is 2.06 bits per heavy atom. The van der Waals surface area contributed by atoms with E-state index in [1.54, 1.807) is 12.1 Å². The highest BCUT2D eigenvalue weighted by atomic mass is 79.9. The van der Waals surface area contributed by atoms with Crippen LogP contribution >= 0.6 is 27.5 Å². The molecule has 0 radical (unpaired) electrons. The molecule has 0 saturated heterocycles. The summed E-state index contributed by atoms with van der Waals surface area (Å²) in [6, 6.07) is 4.75. The van der Waals surface area contributed by atoms with Gasteiger partial charge in [-0.25, -0.2) is 14.4 Å². The summed E-state index contributed by atoms with van der Waals surface area (Å²) in [5.41, 5.74) is 0.529. The van der Waals surface area contributed by atoms with E-state index in [9.17, 15) is 4.39 Å². The Labute approximate surface area is 111 Å². The molecule has 0 aliphatic carbocycles. The first kappa shape index (κ1) is 12.3. The first-order valence-corrected chi connectivity index (χ1v) is 5.98. The number of halogens is 3. The third-order valence-electron chi connectivity index (χ3n) is 2.11. The van der Waals surface area contributed by atoms with Gasteiger partial charge in [0.25, 0.3) is 0 Å². The molecule has 2 aromatic rings. The van der Waals surface area contributed by atoms with E-state index >= 15 is 0 Å². The maximum absolute atomic E-state index is 13.4. The van der Waals surface area contributed by atoms with Gasteiger partial charge in [0, 0.05) is 29.0 Å². The fourth-order valence-electron chi connectivity index (χ4n) is 1.30. The Kier molecular flexibility index (Phi) is 3.91. The fourth-order valence-corrected chi connectivity index (χ4v) is 1.88. The van der Waals surface area contributed by atoms with E-state index in [2.05, 4.69) is 31.2 Å². The van der Waals surface area contributed by atoms with Crippen molar-refractivity contribution in [3.8, 4) is 0 Å². The summed E-state index contributed by atoms with van der Waals surface area (Å²) in [6.07, 6.45) is 3.01. The molecule has 1 heterocycles. The van der Waals surface area contributed by atoms with Crippen molar-refractivity contribution in [3.05, 3.63) is 51.6 Å². The molecule has 0 aliphatic rings. The molecule has 1 aromatic carbocycles. The van der Waals surface area contributed by atoms with Crippen LogP contribution in [0.1, 0.15) is 5.56 Å². The molecule has 1 aromatic heterocycles. The molecular weight excluding hydrogens is 308 g/mol. The van der Waals surface area contributed by atoms with Crippen LogP contribution in [0.25, 0.3) is 0 Å². The minimum atomic E-state index is -0.277. The Hall–Kier alpha value is -1.20. The van der Waals surface area contributed by atoms with Crippen molar-refractivity contribution in [3.63, 3.8) is 0 Å². The first-order valence-electron chi connectivity index (χ1n) is 4.81. The number of rotatable bonds is 3. The van der Waals surface area contributed by atoms with Crippen LogP contribution in [0.2, 0.25) is 5.15 Å². The van der Waals surface area contributed by atoms with E-state index in [1.165, 1.54) is 18.5 Å². The summed E-state index contributed by atoms with van der Waals surface area (Å²) < 4.78 is 14.3. The average Bonchev–Trinajstić information content (AvgIpc) is 2.32. The first-order chi connectivity index (χ1) is 8.16. The number of aromatic nitrogens is 2. The monoisotopic (exact) mass is 315 g/mol. The zero-order valence-corrected chi connectivity index (χ0v) is 11.0. The number of hydrogen-bond donors (Lipinski definition) is 1. The van der Waals surface area contributed by atoms with Crippen molar-refractivity contribution in [1.29, 1.82) is 0 Å². The SMILES string of the molecule is Fc1ccc(Br)cc1CNc1nccnc1Cl. The topological polar surface area (TPSA) is 37.8 Å². The fraction of sp³-hybridized carbons (Fsp3) is 0.0909. The number of benzene rings is 1. The van der Waals surface area contributed by atoms with Gasteiger partial charge in [-0.05, 0) is 18.2 Å². The van der Waals surface area contributed by atoms with Gasteiger partial charge >= 0.3 is 0 Å². The molecule has 0 spiro atoms. The standard InChI is InChI=1S/C11H8BrClFN3/c12-8-1-2-9(14)7(5-8)6-17-11-10(13)15-3-4-16-11/h1-5H,6H2,(H,16,17). The Bertz CT molecular complexity index is 536. The summed E-state index contributed by atoms with van der Waals surface area (Å²) in [5, 5.41) is 3.20. The molecule has 1 N–H and O–H groups in total. The molecule has 0 unspecified atom stereocenters. The quantitative estimate of drug-likeness (QED) is 0.939. The van der Waals surface area contributed by atoms with Crippen molar-refractivity contribution < 1.29 is 4.39 Å². The summed E-state index contributed by atoms with van der Waals surface area (Å²) in [5.74, 6) is 0.161. The maximum atomic E-state index is 13.4. The molecule has 6 heteroatoms. The third kappa shape index (κ3) is 3.14. The van der Waals surface area contributed by atoms with Crippen LogP contribution in [-0.4, -0.2) is 9.97 Å². The molecule has 3 nitrogen and oxygen atoms in total. The second-order valence-electron chi connectivity index (χ2n) is 3.29. The predicted octanol–water partition coefficient (Wildman–Crippen LogP) is 3.64. The van der Waals surface area contributed by atoms with Gasteiger partial charge in [-0.15, -0.1) is 0 Å². The molecule has 0 aliphatic heterocycles. The van der Waals surface area contributed by atoms with Gasteiger partial charge in [0.1, 0.15) is 5.82 Å². The van der Waals surface area contributed by atoms with E-state index in [1.807, 2.05) is 0 Å². The number of hydrogen-bond acceptors (Lipinski definition) is 3. The van der Waals surface area contributed by atoms with Gasteiger partial charge < -0.3 is 5.32 Å². The summed E-state index contributed by atoms with van der Waals surface area (Å²) in [4.78, 5) is 7.87. The zero-order valence-electron chi connectivity index (χ0n) is 8.62. The van der Waals surface area contributed by atoms with Gasteiger partial charge in [-0.3, -0.25) is 0 Å². The van der Waals surface area contributed by atoms with E-state index in [0.717, 1.165) is 4.47 Å². The lowest BCUT2D eigenvalue weighted by Crippen LogP contribution is -2.04. The second-order valence-corrected chi connectivity index (χ2v) is 4.56. The molecular formula is C11H8BrClFN3. The Balaban J connectivity index is 2.12. The molecule has 0 amide bonds. The predicted molar refractivity (Wildman–Crippen MR) is 68.5 cm³/mol. The summed E-state index contributed by atoms with van der Waals surface area (Å²) in [7, 11) is 0. The highest BCUT2D eigenvalue weighted by Crippen LogP contribution is 2.19. The lowest BCUT2D eigenvalue weighted by Gasteiger charge is -2.07. The van der Waals surface area contributed by atoms with Crippen LogP contribution in [0.5, 0.6) is 0 Å². The van der Waals surface area contributed by atoms with Gasteiger partial charge in [-0.2, -0.15) is 0 Å².